The number of fused-ring (bicyclic) bond motifs is 4. The van der Waals surface area contributed by atoms with Gasteiger partial charge in [-0.15, -0.1) is 10.2 Å². The number of aromatic amines is 1. The van der Waals surface area contributed by atoms with E-state index in [1.807, 2.05) is 12.1 Å². The van der Waals surface area contributed by atoms with Gasteiger partial charge in [0.15, 0.2) is 11.5 Å². The molecule has 0 atom stereocenters. The second-order valence-electron chi connectivity index (χ2n) is 7.49. The number of alkyl halides is 3. The molecule has 1 aliphatic rings. The number of pyridine rings is 1. The van der Waals surface area contributed by atoms with Gasteiger partial charge >= 0.3 is 6.18 Å². The Morgan fingerprint density at radius 2 is 1.97 bits per heavy atom. The van der Waals surface area contributed by atoms with Gasteiger partial charge in [-0.25, -0.2) is 0 Å². The number of nitrogens with zero attached hydrogens (tertiary/aromatic N) is 3. The van der Waals surface area contributed by atoms with Crippen molar-refractivity contribution in [3.05, 3.63) is 64.7 Å². The van der Waals surface area contributed by atoms with E-state index in [9.17, 15) is 18.0 Å². The fourth-order valence-electron chi connectivity index (χ4n) is 4.04. The molecule has 0 aliphatic heterocycles. The van der Waals surface area contributed by atoms with Gasteiger partial charge in [-0.05, 0) is 61.6 Å². The summed E-state index contributed by atoms with van der Waals surface area (Å²) in [4.78, 5) is 16.1. The lowest BCUT2D eigenvalue weighted by atomic mass is 9.95. The second-order valence-corrected chi connectivity index (χ2v) is 7.49. The van der Waals surface area contributed by atoms with Crippen molar-refractivity contribution >= 4 is 22.5 Å². The monoisotopic (exact) mass is 413 g/mol. The first-order valence-corrected chi connectivity index (χ1v) is 9.73. The summed E-state index contributed by atoms with van der Waals surface area (Å²) >= 11 is 0. The van der Waals surface area contributed by atoms with Gasteiger partial charge in [0.1, 0.15) is 0 Å². The van der Waals surface area contributed by atoms with Crippen LogP contribution in [0.4, 0.5) is 13.2 Å². The first-order valence-electron chi connectivity index (χ1n) is 9.73. The Balaban J connectivity index is 1.38. The molecule has 1 amide bonds. The van der Waals surface area contributed by atoms with E-state index in [4.69, 9.17) is 0 Å². The predicted molar refractivity (Wildman–Crippen MR) is 104 cm³/mol. The summed E-state index contributed by atoms with van der Waals surface area (Å²) in [5, 5.41) is 11.6. The van der Waals surface area contributed by atoms with Crippen LogP contribution in [0, 0.1) is 0 Å². The highest BCUT2D eigenvalue weighted by Crippen LogP contribution is 2.30. The molecule has 0 fully saturated rings. The van der Waals surface area contributed by atoms with Crippen molar-refractivity contribution in [1.82, 2.24) is 24.9 Å². The maximum Gasteiger partial charge on any atom is 0.417 e. The van der Waals surface area contributed by atoms with Crippen molar-refractivity contribution < 1.29 is 18.0 Å². The van der Waals surface area contributed by atoms with Crippen molar-refractivity contribution in [3.63, 3.8) is 0 Å². The molecule has 0 saturated heterocycles. The fourth-order valence-corrected chi connectivity index (χ4v) is 4.04. The van der Waals surface area contributed by atoms with Crippen molar-refractivity contribution in [2.75, 3.05) is 0 Å². The standard InChI is InChI=1S/C21H18F3N5O/c22-21(23,24)13-6-8-18-27-28-19(29(18)11-13)10-25-20(30)12-5-7-17-15(9-12)14-3-1-2-4-16(14)26-17/h5-9,11,26H,1-4,10H2,(H,25,30). The molecule has 0 unspecified atom stereocenters. The van der Waals surface area contributed by atoms with E-state index in [1.54, 1.807) is 6.07 Å². The molecule has 0 saturated carbocycles. The van der Waals surface area contributed by atoms with E-state index in [2.05, 4.69) is 20.5 Å². The SMILES string of the molecule is O=C(NCc1nnc2ccc(C(F)(F)F)cn12)c1ccc2[nH]c3c(c2c1)CCCC3. The van der Waals surface area contributed by atoms with E-state index in [0.29, 0.717) is 5.56 Å². The number of nitrogens with one attached hydrogen (secondary N) is 2. The predicted octanol–water partition coefficient (Wildman–Crippen LogP) is 4.04. The zero-order valence-corrected chi connectivity index (χ0v) is 15.9. The summed E-state index contributed by atoms with van der Waals surface area (Å²) in [6.07, 6.45) is 0.782. The molecule has 1 aliphatic carbocycles. The largest absolute Gasteiger partial charge is 0.417 e. The summed E-state index contributed by atoms with van der Waals surface area (Å²) in [7, 11) is 0. The highest BCUT2D eigenvalue weighted by molar-refractivity contribution is 5.99. The van der Waals surface area contributed by atoms with Gasteiger partial charge in [0.05, 0.1) is 12.1 Å². The molecular weight excluding hydrogens is 395 g/mol. The first-order chi connectivity index (χ1) is 14.4. The first kappa shape index (κ1) is 18.7. The minimum Gasteiger partial charge on any atom is -0.358 e. The van der Waals surface area contributed by atoms with E-state index in [-0.39, 0.29) is 23.9 Å². The zero-order valence-electron chi connectivity index (χ0n) is 15.9. The van der Waals surface area contributed by atoms with Crippen LogP contribution in [0.5, 0.6) is 0 Å². The smallest absolute Gasteiger partial charge is 0.358 e. The average molecular weight is 413 g/mol. The summed E-state index contributed by atoms with van der Waals surface area (Å²) in [6.45, 7) is -0.0371. The van der Waals surface area contributed by atoms with E-state index >= 15 is 0 Å². The number of rotatable bonds is 3. The maximum absolute atomic E-state index is 13.0. The molecular formula is C21H18F3N5O. The third kappa shape index (κ3) is 3.20. The number of aryl methyl sites for hydroxylation is 2. The number of aromatic nitrogens is 4. The molecule has 154 valence electrons. The molecule has 9 heteroatoms. The second kappa shape index (κ2) is 6.86. The molecule has 0 spiro atoms. The Morgan fingerprint density at radius 3 is 2.80 bits per heavy atom. The third-order valence-corrected chi connectivity index (χ3v) is 5.57. The van der Waals surface area contributed by atoms with Crippen molar-refractivity contribution in [3.8, 4) is 0 Å². The van der Waals surface area contributed by atoms with Crippen LogP contribution in [-0.4, -0.2) is 25.5 Å². The van der Waals surface area contributed by atoms with Gasteiger partial charge in [-0.2, -0.15) is 13.2 Å². The van der Waals surface area contributed by atoms with Gasteiger partial charge < -0.3 is 10.3 Å². The fraction of sp³-hybridized carbons (Fsp3) is 0.286. The number of halogens is 3. The molecule has 6 nitrogen and oxygen atoms in total. The highest BCUT2D eigenvalue weighted by Gasteiger charge is 2.31. The molecule has 30 heavy (non-hydrogen) atoms. The minimum absolute atomic E-state index is 0.0371. The highest BCUT2D eigenvalue weighted by atomic mass is 19.4. The topological polar surface area (TPSA) is 75.1 Å². The van der Waals surface area contributed by atoms with E-state index in [1.165, 1.54) is 21.7 Å². The Bertz CT molecular complexity index is 1270. The Kier molecular flexibility index (Phi) is 4.27. The lowest BCUT2D eigenvalue weighted by molar-refractivity contribution is -0.137. The molecule has 1 aromatic carbocycles. The molecule has 3 aromatic heterocycles. The molecule has 3 heterocycles. The summed E-state index contributed by atoms with van der Waals surface area (Å²) in [5.41, 5.74) is 3.51. The summed E-state index contributed by atoms with van der Waals surface area (Å²) in [6, 6.07) is 7.71. The van der Waals surface area contributed by atoms with Gasteiger partial charge in [0.2, 0.25) is 0 Å². The van der Waals surface area contributed by atoms with Crippen LogP contribution >= 0.6 is 0 Å². The number of hydrogen-bond acceptors (Lipinski definition) is 3. The molecule has 5 rings (SSSR count). The Hall–Kier alpha value is -3.36. The Morgan fingerprint density at radius 1 is 1.13 bits per heavy atom. The van der Waals surface area contributed by atoms with Gasteiger partial charge in [-0.1, -0.05) is 0 Å². The molecule has 2 N–H and O–H groups in total. The Labute approximate surface area is 169 Å². The number of hydrogen-bond donors (Lipinski definition) is 2. The summed E-state index contributed by atoms with van der Waals surface area (Å²) in [5.74, 6) is -0.0871. The minimum atomic E-state index is -4.47. The summed E-state index contributed by atoms with van der Waals surface area (Å²) < 4.78 is 40.2. The van der Waals surface area contributed by atoms with Crippen LogP contribution < -0.4 is 5.32 Å². The normalized spacial score (nSPS) is 14.2. The van der Waals surface area contributed by atoms with Crippen molar-refractivity contribution in [1.29, 1.82) is 0 Å². The van der Waals surface area contributed by atoms with Crippen LogP contribution in [0.1, 0.15) is 45.8 Å². The maximum atomic E-state index is 13.0. The van der Waals surface area contributed by atoms with Crippen LogP contribution in [0.25, 0.3) is 16.6 Å². The zero-order chi connectivity index (χ0) is 20.9. The quantitative estimate of drug-likeness (QED) is 0.532. The molecule has 4 aromatic rings. The van der Waals surface area contributed by atoms with E-state index in [0.717, 1.165) is 48.8 Å². The van der Waals surface area contributed by atoms with Crippen LogP contribution in [0.3, 0.4) is 0 Å². The van der Waals surface area contributed by atoms with Crippen molar-refractivity contribution in [2.45, 2.75) is 38.4 Å². The number of amides is 1. The lowest BCUT2D eigenvalue weighted by Gasteiger charge is -2.10. The van der Waals surface area contributed by atoms with Gasteiger partial charge in [0, 0.05) is 28.4 Å². The van der Waals surface area contributed by atoms with Gasteiger partial charge in [0.25, 0.3) is 5.91 Å². The van der Waals surface area contributed by atoms with E-state index < -0.39 is 11.7 Å². The average Bonchev–Trinajstić information content (AvgIpc) is 3.31. The van der Waals surface area contributed by atoms with Crippen LogP contribution in [-0.2, 0) is 25.6 Å². The lowest BCUT2D eigenvalue weighted by Crippen LogP contribution is -2.24. The number of H-pyrrole nitrogens is 1. The van der Waals surface area contributed by atoms with Crippen LogP contribution in [0.2, 0.25) is 0 Å². The molecule has 0 radical (unpaired) electrons. The number of carbonyl (C=O) groups is 1. The third-order valence-electron chi connectivity index (χ3n) is 5.57. The van der Waals surface area contributed by atoms with Crippen LogP contribution in [0.15, 0.2) is 36.5 Å². The number of carbonyl (C=O) groups excluding carboxylic acids is 1. The van der Waals surface area contributed by atoms with Crippen molar-refractivity contribution in [2.24, 2.45) is 0 Å². The van der Waals surface area contributed by atoms with Gasteiger partial charge in [-0.3, -0.25) is 9.20 Å². The molecule has 0 bridgehead atoms. The number of benzene rings is 1.